The number of aromatic nitrogens is 4. The van der Waals surface area contributed by atoms with Gasteiger partial charge in [0.1, 0.15) is 0 Å². The van der Waals surface area contributed by atoms with Crippen molar-refractivity contribution in [3.8, 4) is 0 Å². The predicted molar refractivity (Wildman–Crippen MR) is 68.9 cm³/mol. The van der Waals surface area contributed by atoms with Crippen LogP contribution in [0.2, 0.25) is 0 Å². The van der Waals surface area contributed by atoms with Crippen molar-refractivity contribution < 1.29 is 0 Å². The van der Waals surface area contributed by atoms with Gasteiger partial charge in [0.25, 0.3) is 0 Å². The first-order chi connectivity index (χ1) is 8.95. The summed E-state index contributed by atoms with van der Waals surface area (Å²) in [5.74, 6) is 1.27. The third-order valence-electron chi connectivity index (χ3n) is 2.46. The number of imidazole rings is 1. The molecule has 88 valence electrons. The molecule has 18 heavy (non-hydrogen) atoms. The van der Waals surface area contributed by atoms with Crippen LogP contribution in [0.4, 0.5) is 17.6 Å². The lowest BCUT2D eigenvalue weighted by Gasteiger charge is -2.19. The van der Waals surface area contributed by atoms with Gasteiger partial charge in [-0.15, -0.1) is 0 Å². The van der Waals surface area contributed by atoms with Crippen LogP contribution in [0.3, 0.4) is 0 Å². The molecule has 0 unspecified atom stereocenters. The van der Waals surface area contributed by atoms with E-state index in [1.807, 2.05) is 35.2 Å². The molecule has 0 aliphatic rings. The normalized spacial score (nSPS) is 10.2. The molecule has 0 spiro atoms. The summed E-state index contributed by atoms with van der Waals surface area (Å²) >= 11 is 0. The van der Waals surface area contributed by atoms with E-state index in [1.165, 1.54) is 0 Å². The van der Waals surface area contributed by atoms with Crippen molar-refractivity contribution in [1.82, 2.24) is 19.9 Å². The Kier molecular flexibility index (Phi) is 2.71. The molecule has 0 atom stereocenters. The molecule has 3 rings (SSSR count). The highest BCUT2D eigenvalue weighted by Gasteiger charge is 2.15. The second-order valence-corrected chi connectivity index (χ2v) is 3.63. The molecular weight excluding hydrogens is 226 g/mol. The molecule has 5 nitrogen and oxygen atoms in total. The molecule has 0 radical (unpaired) electrons. The van der Waals surface area contributed by atoms with E-state index in [-0.39, 0.29) is 0 Å². The Morgan fingerprint density at radius 2 is 1.61 bits per heavy atom. The second-order valence-electron chi connectivity index (χ2n) is 3.63. The second kappa shape index (κ2) is 4.67. The van der Waals surface area contributed by atoms with Gasteiger partial charge in [-0.25, -0.2) is 19.9 Å². The van der Waals surface area contributed by atoms with Crippen molar-refractivity contribution in [2.24, 2.45) is 0 Å². The summed E-state index contributed by atoms with van der Waals surface area (Å²) in [5.41, 5.74) is 0.957. The van der Waals surface area contributed by atoms with Crippen LogP contribution in [0.15, 0.2) is 61.2 Å². The van der Waals surface area contributed by atoms with E-state index >= 15 is 0 Å². The zero-order chi connectivity index (χ0) is 12.2. The maximum Gasteiger partial charge on any atom is 0.236 e. The number of nitrogens with one attached hydrogen (secondary N) is 1. The lowest BCUT2D eigenvalue weighted by Crippen LogP contribution is -2.14. The van der Waals surface area contributed by atoms with Gasteiger partial charge in [0, 0.05) is 24.8 Å². The minimum Gasteiger partial charge on any atom is -0.330 e. The number of aromatic amines is 1. The Morgan fingerprint density at radius 3 is 2.28 bits per heavy atom. The molecule has 0 saturated heterocycles. The van der Waals surface area contributed by atoms with Gasteiger partial charge in [0.05, 0.1) is 5.69 Å². The average Bonchev–Trinajstić information content (AvgIpc) is 2.95. The maximum absolute atomic E-state index is 4.27. The molecule has 0 fully saturated rings. The number of para-hydroxylation sites is 1. The van der Waals surface area contributed by atoms with Crippen molar-refractivity contribution >= 4 is 17.6 Å². The first kappa shape index (κ1) is 10.5. The highest BCUT2D eigenvalue weighted by atomic mass is 15.3. The van der Waals surface area contributed by atoms with Crippen LogP contribution < -0.4 is 4.90 Å². The van der Waals surface area contributed by atoms with Crippen LogP contribution in [0.1, 0.15) is 0 Å². The van der Waals surface area contributed by atoms with E-state index in [0.29, 0.717) is 11.9 Å². The van der Waals surface area contributed by atoms with Gasteiger partial charge < -0.3 is 4.98 Å². The Morgan fingerprint density at radius 1 is 0.833 bits per heavy atom. The highest BCUT2D eigenvalue weighted by Crippen LogP contribution is 2.27. The van der Waals surface area contributed by atoms with E-state index in [1.54, 1.807) is 30.9 Å². The Bertz CT molecular complexity index is 552. The number of anilines is 3. The lowest BCUT2D eigenvalue weighted by molar-refractivity contribution is 1.04. The van der Waals surface area contributed by atoms with Crippen molar-refractivity contribution in [3.63, 3.8) is 0 Å². The van der Waals surface area contributed by atoms with Gasteiger partial charge in [0.15, 0.2) is 0 Å². The molecule has 0 aliphatic carbocycles. The quantitative estimate of drug-likeness (QED) is 0.760. The van der Waals surface area contributed by atoms with Crippen LogP contribution in [-0.4, -0.2) is 19.9 Å². The van der Waals surface area contributed by atoms with E-state index in [0.717, 1.165) is 5.69 Å². The zero-order valence-corrected chi connectivity index (χ0v) is 9.56. The standard InChI is InChI=1S/C13H11N5/c1-2-5-11(6-3-1)18(13-16-9-10-17-13)12-14-7-4-8-15-12/h1-10H,(H,16,17). The Hall–Kier alpha value is -2.69. The smallest absolute Gasteiger partial charge is 0.236 e. The number of benzene rings is 1. The molecule has 0 saturated carbocycles. The summed E-state index contributed by atoms with van der Waals surface area (Å²) in [7, 11) is 0. The number of H-pyrrole nitrogens is 1. The third kappa shape index (κ3) is 1.93. The summed E-state index contributed by atoms with van der Waals surface area (Å²) in [6, 6.07) is 11.7. The summed E-state index contributed by atoms with van der Waals surface area (Å²) in [6.07, 6.45) is 6.89. The van der Waals surface area contributed by atoms with Gasteiger partial charge in [-0.1, -0.05) is 18.2 Å². The molecule has 0 bridgehead atoms. The van der Waals surface area contributed by atoms with Crippen molar-refractivity contribution in [2.75, 3.05) is 4.90 Å². The first-order valence-corrected chi connectivity index (χ1v) is 5.57. The topological polar surface area (TPSA) is 57.7 Å². The Labute approximate surface area is 104 Å². The minimum absolute atomic E-state index is 0.582. The predicted octanol–water partition coefficient (Wildman–Crippen LogP) is 2.67. The van der Waals surface area contributed by atoms with E-state index in [2.05, 4.69) is 19.9 Å². The molecule has 3 aromatic rings. The molecular formula is C13H11N5. The number of hydrogen-bond donors (Lipinski definition) is 1. The molecule has 2 aromatic heterocycles. The molecule has 2 heterocycles. The number of rotatable bonds is 3. The van der Waals surface area contributed by atoms with E-state index in [9.17, 15) is 0 Å². The van der Waals surface area contributed by atoms with E-state index < -0.39 is 0 Å². The summed E-state index contributed by atoms with van der Waals surface area (Å²) in [5, 5.41) is 0. The molecule has 0 amide bonds. The fourth-order valence-corrected chi connectivity index (χ4v) is 1.70. The minimum atomic E-state index is 0.582. The van der Waals surface area contributed by atoms with Gasteiger partial charge in [0.2, 0.25) is 11.9 Å². The lowest BCUT2D eigenvalue weighted by atomic mass is 10.3. The van der Waals surface area contributed by atoms with Crippen LogP contribution in [-0.2, 0) is 0 Å². The van der Waals surface area contributed by atoms with Gasteiger partial charge in [-0.3, -0.25) is 0 Å². The highest BCUT2D eigenvalue weighted by molar-refractivity contribution is 5.67. The summed E-state index contributed by atoms with van der Waals surface area (Å²) in [4.78, 5) is 17.7. The monoisotopic (exact) mass is 237 g/mol. The number of hydrogen-bond acceptors (Lipinski definition) is 4. The first-order valence-electron chi connectivity index (χ1n) is 5.57. The third-order valence-corrected chi connectivity index (χ3v) is 2.46. The van der Waals surface area contributed by atoms with Crippen molar-refractivity contribution in [1.29, 1.82) is 0 Å². The SMILES string of the molecule is c1ccc(N(c2ncccn2)c2ncc[nH]2)cc1. The van der Waals surface area contributed by atoms with Crippen LogP contribution in [0.25, 0.3) is 0 Å². The van der Waals surface area contributed by atoms with Gasteiger partial charge in [-0.2, -0.15) is 0 Å². The fraction of sp³-hybridized carbons (Fsp3) is 0. The maximum atomic E-state index is 4.27. The molecule has 1 aromatic carbocycles. The van der Waals surface area contributed by atoms with Gasteiger partial charge >= 0.3 is 0 Å². The largest absolute Gasteiger partial charge is 0.330 e. The molecule has 0 aliphatic heterocycles. The Balaban J connectivity index is 2.11. The fourth-order valence-electron chi connectivity index (χ4n) is 1.70. The average molecular weight is 237 g/mol. The van der Waals surface area contributed by atoms with Gasteiger partial charge in [-0.05, 0) is 18.2 Å². The van der Waals surface area contributed by atoms with E-state index in [4.69, 9.17) is 0 Å². The van der Waals surface area contributed by atoms with Crippen LogP contribution >= 0.6 is 0 Å². The zero-order valence-electron chi connectivity index (χ0n) is 9.56. The van der Waals surface area contributed by atoms with Crippen molar-refractivity contribution in [3.05, 3.63) is 61.2 Å². The van der Waals surface area contributed by atoms with Crippen LogP contribution in [0, 0.1) is 0 Å². The number of nitrogens with zero attached hydrogens (tertiary/aromatic N) is 4. The summed E-state index contributed by atoms with van der Waals surface area (Å²) in [6.45, 7) is 0. The van der Waals surface area contributed by atoms with Crippen LogP contribution in [0.5, 0.6) is 0 Å². The molecule has 1 N–H and O–H groups in total. The van der Waals surface area contributed by atoms with Crippen molar-refractivity contribution in [2.45, 2.75) is 0 Å². The summed E-state index contributed by atoms with van der Waals surface area (Å²) < 4.78 is 0. The molecule has 5 heteroatoms.